The van der Waals surface area contributed by atoms with E-state index in [1.54, 1.807) is 36.4 Å². The molecule has 9 heteroatoms. The molecule has 0 spiro atoms. The summed E-state index contributed by atoms with van der Waals surface area (Å²) in [6.07, 6.45) is 0.243. The molecular weight excluding hydrogens is 594 g/mol. The zero-order valence-corrected chi connectivity index (χ0v) is 27.0. The van der Waals surface area contributed by atoms with Crippen LogP contribution < -0.4 is 9.62 Å². The first-order valence-electron chi connectivity index (χ1n) is 14.4. The first-order valence-corrected chi connectivity index (χ1v) is 16.2. The fourth-order valence-electron chi connectivity index (χ4n) is 4.76. The number of nitrogens with zero attached hydrogens (tertiary/aromatic N) is 2. The van der Waals surface area contributed by atoms with E-state index in [1.807, 2.05) is 88.4 Å². The summed E-state index contributed by atoms with van der Waals surface area (Å²) in [5.74, 6) is -0.852. The summed E-state index contributed by atoms with van der Waals surface area (Å²) in [7, 11) is -4.18. The highest BCUT2D eigenvalue weighted by Crippen LogP contribution is 2.27. The van der Waals surface area contributed by atoms with E-state index in [0.29, 0.717) is 5.02 Å². The molecule has 0 saturated heterocycles. The van der Waals surface area contributed by atoms with Crippen molar-refractivity contribution in [3.63, 3.8) is 0 Å². The summed E-state index contributed by atoms with van der Waals surface area (Å²) in [6.45, 7) is 7.08. The molecule has 0 aliphatic rings. The Morgan fingerprint density at radius 3 is 1.89 bits per heavy atom. The maximum absolute atomic E-state index is 14.4. The maximum Gasteiger partial charge on any atom is 0.264 e. The van der Waals surface area contributed by atoms with E-state index in [-0.39, 0.29) is 29.5 Å². The minimum absolute atomic E-state index is 0.0479. The standard InChI is InChI=1S/C35H38ClN3O4S/c1-26-15-21-31(22-16-26)44(42,43)39(30-19-17-29(36)18-20-30)25-33(40)38(24-28-13-9-6-10-14-28)32(34(41)37-35(2,3)4)23-27-11-7-5-8-12-27/h5-22,32H,23-25H2,1-4H3,(H,37,41). The Hall–Kier alpha value is -4.14. The van der Waals surface area contributed by atoms with Gasteiger partial charge in [0.1, 0.15) is 12.6 Å². The largest absolute Gasteiger partial charge is 0.350 e. The molecule has 0 aliphatic heterocycles. The molecule has 0 aliphatic carbocycles. The monoisotopic (exact) mass is 631 g/mol. The normalized spacial score (nSPS) is 12.3. The van der Waals surface area contributed by atoms with Crippen molar-refractivity contribution in [3.8, 4) is 0 Å². The Kier molecular flexibility index (Phi) is 10.5. The van der Waals surface area contributed by atoms with Gasteiger partial charge in [0.2, 0.25) is 11.8 Å². The van der Waals surface area contributed by atoms with Gasteiger partial charge in [0, 0.05) is 23.5 Å². The van der Waals surface area contributed by atoms with E-state index in [0.717, 1.165) is 21.0 Å². The van der Waals surface area contributed by atoms with Gasteiger partial charge in [-0.25, -0.2) is 8.42 Å². The van der Waals surface area contributed by atoms with Crippen LogP contribution in [0.4, 0.5) is 5.69 Å². The van der Waals surface area contributed by atoms with Crippen LogP contribution in [0.3, 0.4) is 0 Å². The summed E-state index contributed by atoms with van der Waals surface area (Å²) in [4.78, 5) is 29.9. The van der Waals surface area contributed by atoms with Crippen LogP contribution in [0.5, 0.6) is 0 Å². The Morgan fingerprint density at radius 2 is 1.34 bits per heavy atom. The number of carbonyl (C=O) groups is 2. The van der Waals surface area contributed by atoms with Crippen molar-refractivity contribution >= 4 is 39.1 Å². The first-order chi connectivity index (χ1) is 20.8. The summed E-state index contributed by atoms with van der Waals surface area (Å²) in [5, 5.41) is 3.46. The highest BCUT2D eigenvalue weighted by molar-refractivity contribution is 7.92. The zero-order valence-electron chi connectivity index (χ0n) is 25.4. The van der Waals surface area contributed by atoms with E-state index in [2.05, 4.69) is 5.32 Å². The molecule has 4 rings (SSSR count). The van der Waals surface area contributed by atoms with Crippen molar-refractivity contribution in [3.05, 3.63) is 131 Å². The van der Waals surface area contributed by atoms with Crippen molar-refractivity contribution < 1.29 is 18.0 Å². The topological polar surface area (TPSA) is 86.8 Å². The van der Waals surface area contributed by atoms with Gasteiger partial charge in [0.25, 0.3) is 10.0 Å². The number of sulfonamides is 1. The Labute approximate surface area is 265 Å². The van der Waals surface area contributed by atoms with Crippen LogP contribution in [-0.4, -0.2) is 43.3 Å². The van der Waals surface area contributed by atoms with Crippen LogP contribution >= 0.6 is 11.6 Å². The summed E-state index contributed by atoms with van der Waals surface area (Å²) in [5.41, 5.74) is 2.30. The number of halogens is 1. The number of amides is 2. The smallest absolute Gasteiger partial charge is 0.264 e. The van der Waals surface area contributed by atoms with Gasteiger partial charge in [-0.3, -0.25) is 13.9 Å². The number of carbonyl (C=O) groups excluding carboxylic acids is 2. The summed E-state index contributed by atoms with van der Waals surface area (Å²) >= 11 is 6.13. The third kappa shape index (κ3) is 8.71. The van der Waals surface area contributed by atoms with Crippen LogP contribution in [0.25, 0.3) is 0 Å². The molecule has 7 nitrogen and oxygen atoms in total. The minimum atomic E-state index is -4.18. The molecule has 0 fully saturated rings. The van der Waals surface area contributed by atoms with Crippen molar-refractivity contribution in [1.82, 2.24) is 10.2 Å². The average Bonchev–Trinajstić information content (AvgIpc) is 2.98. The highest BCUT2D eigenvalue weighted by atomic mass is 35.5. The van der Waals surface area contributed by atoms with E-state index in [1.165, 1.54) is 17.0 Å². The third-order valence-corrected chi connectivity index (χ3v) is 9.01. The van der Waals surface area contributed by atoms with Crippen LogP contribution in [0.2, 0.25) is 5.02 Å². The third-order valence-electron chi connectivity index (χ3n) is 6.97. The van der Waals surface area contributed by atoms with Gasteiger partial charge < -0.3 is 10.2 Å². The Morgan fingerprint density at radius 1 is 0.795 bits per heavy atom. The number of nitrogens with one attached hydrogen (secondary N) is 1. The highest BCUT2D eigenvalue weighted by Gasteiger charge is 2.35. The first kappa shape index (κ1) is 32.8. The molecule has 1 atom stereocenters. The molecule has 230 valence electrons. The number of hydrogen-bond donors (Lipinski definition) is 1. The second-order valence-electron chi connectivity index (χ2n) is 11.8. The lowest BCUT2D eigenvalue weighted by molar-refractivity contribution is -0.140. The lowest BCUT2D eigenvalue weighted by Gasteiger charge is -2.35. The molecule has 44 heavy (non-hydrogen) atoms. The maximum atomic E-state index is 14.4. The average molecular weight is 632 g/mol. The molecule has 0 aromatic heterocycles. The molecule has 0 heterocycles. The van der Waals surface area contributed by atoms with Gasteiger partial charge in [-0.15, -0.1) is 0 Å². The molecule has 4 aromatic carbocycles. The van der Waals surface area contributed by atoms with Crippen molar-refractivity contribution in [2.45, 2.75) is 57.1 Å². The van der Waals surface area contributed by atoms with Crippen molar-refractivity contribution in [1.29, 1.82) is 0 Å². The second kappa shape index (κ2) is 14.1. The van der Waals surface area contributed by atoms with Gasteiger partial charge in [-0.2, -0.15) is 0 Å². The van der Waals surface area contributed by atoms with Gasteiger partial charge in [0.05, 0.1) is 10.6 Å². The summed E-state index contributed by atoms with van der Waals surface area (Å²) in [6, 6.07) is 30.7. The zero-order chi connectivity index (χ0) is 31.9. The quantitative estimate of drug-likeness (QED) is 0.208. The molecule has 0 radical (unpaired) electrons. The Balaban J connectivity index is 1.80. The van der Waals surface area contributed by atoms with Gasteiger partial charge in [-0.1, -0.05) is 90.0 Å². The lowest BCUT2D eigenvalue weighted by atomic mass is 10.0. The SMILES string of the molecule is Cc1ccc(S(=O)(=O)N(CC(=O)N(Cc2ccccc2)C(Cc2ccccc2)C(=O)NC(C)(C)C)c2ccc(Cl)cc2)cc1. The minimum Gasteiger partial charge on any atom is -0.350 e. The van der Waals surface area contributed by atoms with E-state index < -0.39 is 34.1 Å². The fourth-order valence-corrected chi connectivity index (χ4v) is 6.30. The number of anilines is 1. The van der Waals surface area contributed by atoms with Crippen LogP contribution in [0.15, 0.2) is 114 Å². The molecular formula is C35H38ClN3O4S. The molecule has 0 saturated carbocycles. The fraction of sp³-hybridized carbons (Fsp3) is 0.257. The van der Waals surface area contributed by atoms with Crippen LogP contribution in [-0.2, 0) is 32.6 Å². The predicted octanol–water partition coefficient (Wildman–Crippen LogP) is 6.40. The van der Waals surface area contributed by atoms with E-state index >= 15 is 0 Å². The summed E-state index contributed by atoms with van der Waals surface area (Å²) < 4.78 is 29.2. The predicted molar refractivity (Wildman–Crippen MR) is 176 cm³/mol. The molecule has 1 N–H and O–H groups in total. The van der Waals surface area contributed by atoms with E-state index in [9.17, 15) is 18.0 Å². The number of benzene rings is 4. The number of rotatable bonds is 11. The van der Waals surface area contributed by atoms with Crippen LogP contribution in [0.1, 0.15) is 37.5 Å². The van der Waals surface area contributed by atoms with Gasteiger partial charge >= 0.3 is 0 Å². The molecule has 4 aromatic rings. The van der Waals surface area contributed by atoms with Gasteiger partial charge in [-0.05, 0) is 75.2 Å². The molecule has 0 bridgehead atoms. The second-order valence-corrected chi connectivity index (χ2v) is 14.1. The van der Waals surface area contributed by atoms with Crippen LogP contribution in [0, 0.1) is 6.92 Å². The Bertz CT molecular complexity index is 1660. The lowest BCUT2D eigenvalue weighted by Crippen LogP contribution is -2.56. The van der Waals surface area contributed by atoms with Crippen molar-refractivity contribution in [2.75, 3.05) is 10.8 Å². The molecule has 2 amide bonds. The number of hydrogen-bond acceptors (Lipinski definition) is 4. The number of aryl methyl sites for hydroxylation is 1. The van der Waals surface area contributed by atoms with E-state index in [4.69, 9.17) is 11.6 Å². The molecule has 1 unspecified atom stereocenters. The van der Waals surface area contributed by atoms with Crippen molar-refractivity contribution in [2.24, 2.45) is 0 Å². The van der Waals surface area contributed by atoms with Gasteiger partial charge in [0.15, 0.2) is 0 Å².